The van der Waals surface area contributed by atoms with E-state index in [1.807, 2.05) is 38.4 Å². The Hall–Kier alpha value is -2.71. The smallest absolute Gasteiger partial charge is 0.259 e. The van der Waals surface area contributed by atoms with E-state index in [-0.39, 0.29) is 23.9 Å². The van der Waals surface area contributed by atoms with E-state index >= 15 is 0 Å². The molecule has 2 heterocycles. The minimum atomic E-state index is -0.0736. The molecule has 0 fully saturated rings. The number of hydrogen-bond donors (Lipinski definition) is 2. The van der Waals surface area contributed by atoms with Crippen LogP contribution >= 0.6 is 11.3 Å². The first-order chi connectivity index (χ1) is 15.5. The monoisotopic (exact) mass is 454 g/mol. The Morgan fingerprint density at radius 1 is 1.31 bits per heavy atom. The summed E-state index contributed by atoms with van der Waals surface area (Å²) in [5.74, 6) is 1.31. The van der Waals surface area contributed by atoms with Crippen molar-refractivity contribution in [3.05, 3.63) is 56.4 Å². The number of nitrogens with zero attached hydrogens (tertiary/aromatic N) is 2. The summed E-state index contributed by atoms with van der Waals surface area (Å²) in [5, 5.41) is 3.78. The quantitative estimate of drug-likeness (QED) is 0.546. The predicted octanol–water partition coefficient (Wildman–Crippen LogP) is 3.22. The molecule has 4 rings (SSSR count). The van der Waals surface area contributed by atoms with Gasteiger partial charge in [0.25, 0.3) is 5.56 Å². The number of carbonyl (C=O) groups excluding carboxylic acids is 1. The first-order valence-corrected chi connectivity index (χ1v) is 11.9. The van der Waals surface area contributed by atoms with Crippen molar-refractivity contribution in [3.63, 3.8) is 0 Å². The summed E-state index contributed by atoms with van der Waals surface area (Å²) in [6.07, 6.45) is 4.98. The maximum atomic E-state index is 12.7. The van der Waals surface area contributed by atoms with Crippen molar-refractivity contribution in [2.45, 2.75) is 44.6 Å². The Morgan fingerprint density at radius 2 is 2.12 bits per heavy atom. The standard InChI is InChI=1S/C24H30N4O3S/c1-28(2)18(15-7-6-8-16(13-15)31-3)14-25-21(29)12-11-20-26-23(30)22-17-9-4-5-10-19(17)32-24(22)27-20/h6-8,13,18H,4-5,9-12,14H2,1-3H3,(H,25,29)(H,26,27,30). The van der Waals surface area contributed by atoms with Gasteiger partial charge in [-0.05, 0) is 63.0 Å². The molecular formula is C24H30N4O3S. The SMILES string of the molecule is COc1cccc(C(CNC(=O)CCc2nc3sc4c(c3c(=O)[nH]2)CCCC4)N(C)C)c1. The van der Waals surface area contributed by atoms with Gasteiger partial charge < -0.3 is 19.9 Å². The Labute approximate surface area is 191 Å². The number of ether oxygens (including phenoxy) is 1. The van der Waals surface area contributed by atoms with E-state index in [0.29, 0.717) is 18.8 Å². The zero-order valence-electron chi connectivity index (χ0n) is 18.9. The summed E-state index contributed by atoms with van der Waals surface area (Å²) < 4.78 is 5.32. The van der Waals surface area contributed by atoms with Crippen LogP contribution < -0.4 is 15.6 Å². The average molecular weight is 455 g/mol. The fourth-order valence-electron chi connectivity index (χ4n) is 4.31. The van der Waals surface area contributed by atoms with Crippen LogP contribution in [-0.2, 0) is 24.1 Å². The number of aryl methyl sites for hydroxylation is 3. The molecule has 1 unspecified atom stereocenters. The molecule has 1 amide bonds. The van der Waals surface area contributed by atoms with Crippen LogP contribution in [0.3, 0.4) is 0 Å². The predicted molar refractivity (Wildman–Crippen MR) is 128 cm³/mol. The van der Waals surface area contributed by atoms with E-state index in [1.165, 1.54) is 16.9 Å². The number of likely N-dealkylation sites (N-methyl/N-ethyl adjacent to an activating group) is 1. The number of thiophene rings is 1. The molecule has 7 nitrogen and oxygen atoms in total. The lowest BCUT2D eigenvalue weighted by Gasteiger charge is -2.25. The summed E-state index contributed by atoms with van der Waals surface area (Å²) >= 11 is 1.63. The fourth-order valence-corrected chi connectivity index (χ4v) is 5.59. The van der Waals surface area contributed by atoms with E-state index in [1.54, 1.807) is 18.4 Å². The second-order valence-corrected chi connectivity index (χ2v) is 9.55. The molecule has 1 aliphatic rings. The molecular weight excluding hydrogens is 424 g/mol. The zero-order chi connectivity index (χ0) is 22.7. The lowest BCUT2D eigenvalue weighted by Crippen LogP contribution is -2.34. The summed E-state index contributed by atoms with van der Waals surface area (Å²) in [6.45, 7) is 0.486. The Kier molecular flexibility index (Phi) is 6.91. The number of rotatable bonds is 8. The molecule has 0 saturated carbocycles. The number of methoxy groups -OCH3 is 1. The van der Waals surface area contributed by atoms with Gasteiger partial charge in [0, 0.05) is 24.3 Å². The molecule has 3 aromatic rings. The largest absolute Gasteiger partial charge is 0.497 e. The molecule has 0 spiro atoms. The first-order valence-electron chi connectivity index (χ1n) is 11.1. The van der Waals surface area contributed by atoms with Crippen LogP contribution in [0, 0.1) is 0 Å². The van der Waals surface area contributed by atoms with Crippen LogP contribution in [0.2, 0.25) is 0 Å². The van der Waals surface area contributed by atoms with Crippen LogP contribution in [0.4, 0.5) is 0 Å². The van der Waals surface area contributed by atoms with Crippen LogP contribution in [-0.4, -0.2) is 48.5 Å². The minimum absolute atomic E-state index is 0.0285. The Morgan fingerprint density at radius 3 is 2.91 bits per heavy atom. The summed E-state index contributed by atoms with van der Waals surface area (Å²) in [4.78, 5) is 36.9. The third kappa shape index (κ3) is 4.86. The van der Waals surface area contributed by atoms with Gasteiger partial charge in [-0.25, -0.2) is 4.98 Å². The third-order valence-electron chi connectivity index (χ3n) is 6.06. The highest BCUT2D eigenvalue weighted by atomic mass is 32.1. The lowest BCUT2D eigenvalue weighted by atomic mass is 9.97. The number of hydrogen-bond acceptors (Lipinski definition) is 6. The number of fused-ring (bicyclic) bond motifs is 3. The van der Waals surface area contributed by atoms with Crippen molar-refractivity contribution in [2.24, 2.45) is 0 Å². The van der Waals surface area contributed by atoms with E-state index in [0.717, 1.165) is 40.8 Å². The second kappa shape index (κ2) is 9.83. The van der Waals surface area contributed by atoms with Crippen LogP contribution in [0.25, 0.3) is 10.2 Å². The average Bonchev–Trinajstić information content (AvgIpc) is 3.16. The topological polar surface area (TPSA) is 87.3 Å². The zero-order valence-corrected chi connectivity index (χ0v) is 19.7. The highest BCUT2D eigenvalue weighted by Gasteiger charge is 2.20. The highest BCUT2D eigenvalue weighted by molar-refractivity contribution is 7.18. The lowest BCUT2D eigenvalue weighted by molar-refractivity contribution is -0.121. The number of carbonyl (C=O) groups is 1. The summed E-state index contributed by atoms with van der Waals surface area (Å²) in [7, 11) is 5.62. The van der Waals surface area contributed by atoms with Gasteiger partial charge in [-0.3, -0.25) is 9.59 Å². The van der Waals surface area contributed by atoms with Gasteiger partial charge in [0.05, 0.1) is 18.5 Å². The number of amides is 1. The van der Waals surface area contributed by atoms with Gasteiger partial charge >= 0.3 is 0 Å². The van der Waals surface area contributed by atoms with Gasteiger partial charge in [0.2, 0.25) is 5.91 Å². The van der Waals surface area contributed by atoms with Crippen molar-refractivity contribution < 1.29 is 9.53 Å². The van der Waals surface area contributed by atoms with Gasteiger partial charge in [-0.15, -0.1) is 11.3 Å². The van der Waals surface area contributed by atoms with Crippen LogP contribution in [0.15, 0.2) is 29.1 Å². The molecule has 1 aromatic carbocycles. The maximum Gasteiger partial charge on any atom is 0.259 e. The van der Waals surface area contributed by atoms with Crippen LogP contribution in [0.5, 0.6) is 5.75 Å². The molecule has 32 heavy (non-hydrogen) atoms. The number of aromatic nitrogens is 2. The molecule has 0 saturated heterocycles. The van der Waals surface area contributed by atoms with E-state index in [9.17, 15) is 9.59 Å². The number of aromatic amines is 1. The van der Waals surface area contributed by atoms with Gasteiger partial charge in [0.1, 0.15) is 16.4 Å². The van der Waals surface area contributed by atoms with Crippen molar-refractivity contribution in [2.75, 3.05) is 27.7 Å². The molecule has 2 aromatic heterocycles. The molecule has 1 atom stereocenters. The molecule has 1 aliphatic carbocycles. The number of nitrogens with one attached hydrogen (secondary N) is 2. The normalized spacial score (nSPS) is 14.4. The molecule has 2 N–H and O–H groups in total. The summed E-state index contributed by atoms with van der Waals surface area (Å²) in [6, 6.07) is 7.91. The molecule has 170 valence electrons. The van der Waals surface area contributed by atoms with Crippen LogP contribution in [0.1, 0.15) is 47.1 Å². The maximum absolute atomic E-state index is 12.7. The van der Waals surface area contributed by atoms with E-state index in [4.69, 9.17) is 4.74 Å². The number of H-pyrrole nitrogens is 1. The van der Waals surface area contributed by atoms with Gasteiger partial charge in [-0.1, -0.05) is 12.1 Å². The number of benzene rings is 1. The van der Waals surface area contributed by atoms with Crippen molar-refractivity contribution in [1.29, 1.82) is 0 Å². The van der Waals surface area contributed by atoms with Crippen molar-refractivity contribution in [3.8, 4) is 5.75 Å². The molecule has 0 bridgehead atoms. The fraction of sp³-hybridized carbons (Fsp3) is 0.458. The first kappa shape index (κ1) is 22.5. The van der Waals surface area contributed by atoms with Gasteiger partial charge in [-0.2, -0.15) is 0 Å². The summed E-state index contributed by atoms with van der Waals surface area (Å²) in [5.41, 5.74) is 2.19. The van der Waals surface area contributed by atoms with E-state index in [2.05, 4.69) is 20.2 Å². The Balaban J connectivity index is 1.39. The van der Waals surface area contributed by atoms with E-state index < -0.39 is 0 Å². The molecule has 8 heteroatoms. The van der Waals surface area contributed by atoms with Gasteiger partial charge in [0.15, 0.2) is 0 Å². The molecule has 0 radical (unpaired) electrons. The van der Waals surface area contributed by atoms with Crippen molar-refractivity contribution >= 4 is 27.5 Å². The third-order valence-corrected chi connectivity index (χ3v) is 7.24. The Bertz CT molecular complexity index is 1170. The molecule has 0 aliphatic heterocycles. The van der Waals surface area contributed by atoms with Crippen molar-refractivity contribution in [1.82, 2.24) is 20.2 Å². The minimum Gasteiger partial charge on any atom is -0.497 e. The highest BCUT2D eigenvalue weighted by Crippen LogP contribution is 2.33. The second-order valence-electron chi connectivity index (χ2n) is 8.46.